The molecule has 0 spiro atoms. The van der Waals surface area contributed by atoms with E-state index < -0.39 is 0 Å². The van der Waals surface area contributed by atoms with Crippen molar-refractivity contribution in [3.63, 3.8) is 0 Å². The molecule has 2 aromatic heterocycles. The topological polar surface area (TPSA) is 42.7 Å². The fraction of sp³-hybridized carbons (Fsp3) is 0.250. The lowest BCUT2D eigenvalue weighted by Gasteiger charge is -2.12. The van der Waals surface area contributed by atoms with Crippen LogP contribution in [0.25, 0.3) is 16.6 Å². The van der Waals surface area contributed by atoms with Crippen molar-refractivity contribution in [2.75, 3.05) is 0 Å². The Morgan fingerprint density at radius 1 is 1.15 bits per heavy atom. The second kappa shape index (κ2) is 5.43. The quantitative estimate of drug-likeness (QED) is 0.789. The zero-order valence-corrected chi connectivity index (χ0v) is 11.7. The number of rotatable bonds is 4. The number of benzene rings is 1. The second-order valence-electron chi connectivity index (χ2n) is 5.14. The molecule has 3 rings (SSSR count). The monoisotopic (exact) mass is 266 g/mol. The number of aromatic nitrogens is 3. The van der Waals surface area contributed by atoms with Gasteiger partial charge in [0.25, 0.3) is 0 Å². The van der Waals surface area contributed by atoms with Crippen molar-refractivity contribution in [3.05, 3.63) is 54.5 Å². The molecule has 0 atom stereocenters. The van der Waals surface area contributed by atoms with Crippen LogP contribution in [0.3, 0.4) is 0 Å². The van der Waals surface area contributed by atoms with E-state index in [1.54, 1.807) is 6.20 Å². The molecule has 0 saturated carbocycles. The zero-order chi connectivity index (χ0) is 13.9. The molecule has 4 nitrogen and oxygen atoms in total. The van der Waals surface area contributed by atoms with E-state index in [-0.39, 0.29) is 0 Å². The lowest BCUT2D eigenvalue weighted by molar-refractivity contribution is 0.590. The Morgan fingerprint density at radius 3 is 2.65 bits per heavy atom. The number of hydrogen-bond donors (Lipinski definition) is 1. The van der Waals surface area contributed by atoms with Gasteiger partial charge in [0, 0.05) is 36.6 Å². The van der Waals surface area contributed by atoms with Crippen LogP contribution in [-0.4, -0.2) is 20.8 Å². The predicted octanol–water partition coefficient (Wildman–Crippen LogP) is 2.92. The van der Waals surface area contributed by atoms with E-state index in [1.807, 2.05) is 29.2 Å². The van der Waals surface area contributed by atoms with E-state index in [4.69, 9.17) is 0 Å². The molecule has 0 aliphatic carbocycles. The largest absolute Gasteiger partial charge is 0.310 e. The minimum absolute atomic E-state index is 0.458. The molecule has 0 fully saturated rings. The fourth-order valence-corrected chi connectivity index (χ4v) is 2.27. The maximum Gasteiger partial charge on any atom is 0.161 e. The summed E-state index contributed by atoms with van der Waals surface area (Å²) in [6.07, 6.45) is 5.63. The van der Waals surface area contributed by atoms with Crippen molar-refractivity contribution in [2.24, 2.45) is 0 Å². The van der Waals surface area contributed by atoms with Crippen molar-refractivity contribution < 1.29 is 0 Å². The van der Waals surface area contributed by atoms with E-state index in [9.17, 15) is 0 Å². The summed E-state index contributed by atoms with van der Waals surface area (Å²) in [5.74, 6) is 0.874. The summed E-state index contributed by atoms with van der Waals surface area (Å²) in [7, 11) is 0. The van der Waals surface area contributed by atoms with Crippen molar-refractivity contribution >= 4 is 10.8 Å². The third-order valence-electron chi connectivity index (χ3n) is 3.28. The number of pyridine rings is 1. The first kappa shape index (κ1) is 12.8. The van der Waals surface area contributed by atoms with Gasteiger partial charge in [0.1, 0.15) is 0 Å². The normalized spacial score (nSPS) is 11.3. The van der Waals surface area contributed by atoms with Crippen LogP contribution < -0.4 is 5.32 Å². The molecule has 0 saturated heterocycles. The lowest BCUT2D eigenvalue weighted by atomic mass is 10.1. The zero-order valence-electron chi connectivity index (χ0n) is 11.7. The van der Waals surface area contributed by atoms with Gasteiger partial charge in [-0.05, 0) is 17.0 Å². The van der Waals surface area contributed by atoms with Gasteiger partial charge in [-0.2, -0.15) is 5.10 Å². The van der Waals surface area contributed by atoms with Gasteiger partial charge < -0.3 is 5.32 Å². The Balaban J connectivity index is 2.10. The predicted molar refractivity (Wildman–Crippen MR) is 80.8 cm³/mol. The Kier molecular flexibility index (Phi) is 3.48. The molecular formula is C16H18N4. The maximum absolute atomic E-state index is 4.59. The van der Waals surface area contributed by atoms with Gasteiger partial charge in [-0.1, -0.05) is 38.1 Å². The molecule has 2 heterocycles. The Labute approximate surface area is 118 Å². The first-order valence-electron chi connectivity index (χ1n) is 6.85. The highest BCUT2D eigenvalue weighted by molar-refractivity contribution is 5.90. The second-order valence-corrected chi connectivity index (χ2v) is 5.14. The third-order valence-corrected chi connectivity index (χ3v) is 3.28. The van der Waals surface area contributed by atoms with E-state index in [0.29, 0.717) is 6.04 Å². The average Bonchev–Trinajstić information content (AvgIpc) is 2.98. The molecule has 0 unspecified atom stereocenters. The lowest BCUT2D eigenvalue weighted by Crippen LogP contribution is -2.22. The molecular weight excluding hydrogens is 248 g/mol. The summed E-state index contributed by atoms with van der Waals surface area (Å²) in [5.41, 5.74) is 1.21. The SMILES string of the molecule is CC(C)NCc1cnc(-n2cccn2)c2ccccc12. The van der Waals surface area contributed by atoms with Crippen LogP contribution in [0.4, 0.5) is 0 Å². The van der Waals surface area contributed by atoms with Crippen LogP contribution in [0, 0.1) is 0 Å². The van der Waals surface area contributed by atoms with Crippen LogP contribution in [0.15, 0.2) is 48.9 Å². The summed E-state index contributed by atoms with van der Waals surface area (Å²) >= 11 is 0. The number of fused-ring (bicyclic) bond motifs is 1. The maximum atomic E-state index is 4.59. The van der Waals surface area contributed by atoms with Gasteiger partial charge in [-0.3, -0.25) is 0 Å². The first-order chi connectivity index (χ1) is 9.75. The van der Waals surface area contributed by atoms with Crippen molar-refractivity contribution in [2.45, 2.75) is 26.4 Å². The summed E-state index contributed by atoms with van der Waals surface area (Å²) < 4.78 is 1.81. The average molecular weight is 266 g/mol. The van der Waals surface area contributed by atoms with Crippen LogP contribution in [0.5, 0.6) is 0 Å². The van der Waals surface area contributed by atoms with Crippen LogP contribution in [0.2, 0.25) is 0 Å². The highest BCUT2D eigenvalue weighted by atomic mass is 15.3. The third kappa shape index (κ3) is 2.42. The highest BCUT2D eigenvalue weighted by Gasteiger charge is 2.09. The highest BCUT2D eigenvalue weighted by Crippen LogP contribution is 2.23. The summed E-state index contributed by atoms with van der Waals surface area (Å²) in [5, 5.41) is 10.1. The summed E-state index contributed by atoms with van der Waals surface area (Å²) in [6, 6.07) is 10.7. The fourth-order valence-electron chi connectivity index (χ4n) is 2.27. The Bertz CT molecular complexity index is 702. The van der Waals surface area contributed by atoms with Crippen molar-refractivity contribution in [3.8, 4) is 5.82 Å². The van der Waals surface area contributed by atoms with Crippen molar-refractivity contribution in [1.82, 2.24) is 20.1 Å². The van der Waals surface area contributed by atoms with Crippen molar-refractivity contribution in [1.29, 1.82) is 0 Å². The molecule has 0 amide bonds. The Hall–Kier alpha value is -2.20. The van der Waals surface area contributed by atoms with E-state index in [2.05, 4.69) is 47.4 Å². The Morgan fingerprint density at radius 2 is 1.95 bits per heavy atom. The number of nitrogens with zero attached hydrogens (tertiary/aromatic N) is 3. The van der Waals surface area contributed by atoms with Gasteiger partial charge in [0.05, 0.1) is 0 Å². The molecule has 1 N–H and O–H groups in total. The molecule has 1 aromatic carbocycles. The molecule has 0 bridgehead atoms. The van der Waals surface area contributed by atoms with Crippen LogP contribution in [0.1, 0.15) is 19.4 Å². The molecule has 0 aliphatic rings. The van der Waals surface area contributed by atoms with Gasteiger partial charge in [-0.15, -0.1) is 0 Å². The number of nitrogens with one attached hydrogen (secondary N) is 1. The molecule has 102 valence electrons. The van der Waals surface area contributed by atoms with Gasteiger partial charge in [0.2, 0.25) is 0 Å². The molecule has 3 aromatic rings. The summed E-state index contributed by atoms with van der Waals surface area (Å²) in [6.45, 7) is 5.12. The standard InChI is InChI=1S/C16H18N4/c1-12(2)17-10-13-11-18-16(20-9-5-8-19-20)15-7-4-3-6-14(13)15/h3-9,11-12,17H,10H2,1-2H3. The van der Waals surface area contributed by atoms with E-state index >= 15 is 0 Å². The van der Waals surface area contributed by atoms with Gasteiger partial charge >= 0.3 is 0 Å². The first-order valence-corrected chi connectivity index (χ1v) is 6.85. The molecule has 4 heteroatoms. The molecule has 20 heavy (non-hydrogen) atoms. The van der Waals surface area contributed by atoms with Crippen LogP contribution >= 0.6 is 0 Å². The van der Waals surface area contributed by atoms with Crippen LogP contribution in [-0.2, 0) is 6.54 Å². The van der Waals surface area contributed by atoms with Gasteiger partial charge in [-0.25, -0.2) is 9.67 Å². The van der Waals surface area contributed by atoms with E-state index in [0.717, 1.165) is 17.7 Å². The summed E-state index contributed by atoms with van der Waals surface area (Å²) in [4.78, 5) is 4.59. The van der Waals surface area contributed by atoms with Gasteiger partial charge in [0.15, 0.2) is 5.82 Å². The van der Waals surface area contributed by atoms with E-state index in [1.165, 1.54) is 10.9 Å². The molecule has 0 radical (unpaired) electrons. The number of hydrogen-bond acceptors (Lipinski definition) is 3. The minimum Gasteiger partial charge on any atom is -0.310 e. The minimum atomic E-state index is 0.458. The smallest absolute Gasteiger partial charge is 0.161 e. The molecule has 0 aliphatic heterocycles.